The summed E-state index contributed by atoms with van der Waals surface area (Å²) in [5.41, 5.74) is 1.49. The lowest BCUT2D eigenvalue weighted by molar-refractivity contribution is 0.145. The van der Waals surface area contributed by atoms with Crippen molar-refractivity contribution in [3.05, 3.63) is 36.3 Å². The van der Waals surface area contributed by atoms with Gasteiger partial charge in [0.25, 0.3) is 0 Å². The molecule has 0 fully saturated rings. The average molecular weight is 276 g/mol. The van der Waals surface area contributed by atoms with Crippen LogP contribution in [0.5, 0.6) is 0 Å². The molecule has 0 saturated heterocycles. The number of allylic oxidation sites excluding steroid dienone is 3. The fraction of sp³-hybridized carbons (Fsp3) is 0.667. The van der Waals surface area contributed by atoms with E-state index in [1.54, 1.807) is 0 Å². The Bertz CT molecular complexity index is 397. The summed E-state index contributed by atoms with van der Waals surface area (Å²) < 4.78 is 0. The van der Waals surface area contributed by atoms with Gasteiger partial charge in [-0.2, -0.15) is 0 Å². The molecule has 1 aliphatic rings. The lowest BCUT2D eigenvalue weighted by Gasteiger charge is -2.38. The van der Waals surface area contributed by atoms with Gasteiger partial charge in [-0.05, 0) is 47.2 Å². The van der Waals surface area contributed by atoms with Crippen LogP contribution in [0.4, 0.5) is 0 Å². The highest BCUT2D eigenvalue weighted by atomic mass is 15.2. The summed E-state index contributed by atoms with van der Waals surface area (Å²) in [7, 11) is 2.21. The molecule has 1 rings (SSSR count). The van der Waals surface area contributed by atoms with Crippen molar-refractivity contribution in [1.29, 1.82) is 0 Å². The van der Waals surface area contributed by atoms with E-state index in [2.05, 4.69) is 95.9 Å². The Morgan fingerprint density at radius 2 is 1.80 bits per heavy atom. The van der Waals surface area contributed by atoms with E-state index in [9.17, 15) is 0 Å². The SMILES string of the molecule is CCC(C)N(C)C(C)(C)C=C(C)N1C=CC(C)(C)C=C1. The van der Waals surface area contributed by atoms with Gasteiger partial charge in [0.1, 0.15) is 0 Å². The van der Waals surface area contributed by atoms with Crippen molar-refractivity contribution in [2.75, 3.05) is 7.05 Å². The Kier molecular flexibility index (Phi) is 5.26. The first-order valence-corrected chi connectivity index (χ1v) is 7.68. The highest BCUT2D eigenvalue weighted by molar-refractivity contribution is 5.21. The second kappa shape index (κ2) is 6.17. The molecule has 0 bridgehead atoms. The molecule has 0 aromatic carbocycles. The van der Waals surface area contributed by atoms with Crippen LogP contribution in [0.2, 0.25) is 0 Å². The summed E-state index contributed by atoms with van der Waals surface area (Å²) in [6.45, 7) is 15.7. The molecule has 0 aromatic rings. The smallest absolute Gasteiger partial charge is 0.0354 e. The zero-order valence-electron chi connectivity index (χ0n) is 14.6. The van der Waals surface area contributed by atoms with Crippen molar-refractivity contribution in [2.24, 2.45) is 5.41 Å². The van der Waals surface area contributed by atoms with Gasteiger partial charge in [-0.3, -0.25) is 4.90 Å². The molecule has 2 heteroatoms. The van der Waals surface area contributed by atoms with Crippen LogP contribution in [0, 0.1) is 5.41 Å². The minimum absolute atomic E-state index is 0.0498. The molecular weight excluding hydrogens is 244 g/mol. The maximum atomic E-state index is 2.44. The van der Waals surface area contributed by atoms with Gasteiger partial charge >= 0.3 is 0 Å². The Morgan fingerprint density at radius 3 is 2.25 bits per heavy atom. The van der Waals surface area contributed by atoms with Gasteiger partial charge in [-0.15, -0.1) is 0 Å². The second-order valence-corrected chi connectivity index (χ2v) is 7.17. The van der Waals surface area contributed by atoms with Gasteiger partial charge in [-0.25, -0.2) is 0 Å². The summed E-state index contributed by atoms with van der Waals surface area (Å²) in [6, 6.07) is 0.584. The third kappa shape index (κ3) is 4.24. The van der Waals surface area contributed by atoms with Gasteiger partial charge < -0.3 is 4.90 Å². The quantitative estimate of drug-likeness (QED) is 0.714. The third-order valence-corrected chi connectivity index (χ3v) is 4.46. The average Bonchev–Trinajstić information content (AvgIpc) is 2.36. The van der Waals surface area contributed by atoms with Crippen LogP contribution in [0.3, 0.4) is 0 Å². The van der Waals surface area contributed by atoms with E-state index in [4.69, 9.17) is 0 Å². The summed E-state index contributed by atoms with van der Waals surface area (Å²) in [5, 5.41) is 0. The fourth-order valence-corrected chi connectivity index (χ4v) is 2.41. The molecule has 0 radical (unpaired) electrons. The largest absolute Gasteiger partial charge is 0.329 e. The third-order valence-electron chi connectivity index (χ3n) is 4.46. The van der Waals surface area contributed by atoms with E-state index < -0.39 is 0 Å². The predicted molar refractivity (Wildman–Crippen MR) is 89.3 cm³/mol. The molecule has 114 valence electrons. The van der Waals surface area contributed by atoms with E-state index in [-0.39, 0.29) is 11.0 Å². The molecule has 0 aromatic heterocycles. The van der Waals surface area contributed by atoms with Crippen molar-refractivity contribution < 1.29 is 0 Å². The molecule has 1 unspecified atom stereocenters. The van der Waals surface area contributed by atoms with Crippen LogP contribution >= 0.6 is 0 Å². The minimum Gasteiger partial charge on any atom is -0.329 e. The monoisotopic (exact) mass is 276 g/mol. The second-order valence-electron chi connectivity index (χ2n) is 7.17. The van der Waals surface area contributed by atoms with E-state index in [0.29, 0.717) is 6.04 Å². The lowest BCUT2D eigenvalue weighted by atomic mass is 9.92. The summed E-state index contributed by atoms with van der Waals surface area (Å²) in [4.78, 5) is 4.65. The zero-order chi connectivity index (χ0) is 15.6. The van der Waals surface area contributed by atoms with E-state index in [1.165, 1.54) is 12.1 Å². The highest BCUT2D eigenvalue weighted by Crippen LogP contribution is 2.27. The van der Waals surface area contributed by atoms with Crippen LogP contribution in [0.25, 0.3) is 0 Å². The van der Waals surface area contributed by atoms with E-state index in [1.807, 2.05) is 0 Å². The van der Waals surface area contributed by atoms with Crippen molar-refractivity contribution in [1.82, 2.24) is 9.80 Å². The van der Waals surface area contributed by atoms with Crippen LogP contribution in [-0.2, 0) is 0 Å². The first kappa shape index (κ1) is 17.0. The molecule has 0 N–H and O–H groups in total. The summed E-state index contributed by atoms with van der Waals surface area (Å²) in [5.74, 6) is 0. The molecule has 0 aliphatic carbocycles. The van der Waals surface area contributed by atoms with Gasteiger partial charge in [0, 0.05) is 35.1 Å². The molecule has 1 heterocycles. The molecule has 1 atom stereocenters. The van der Waals surface area contributed by atoms with Crippen LogP contribution in [-0.4, -0.2) is 28.4 Å². The van der Waals surface area contributed by atoms with Gasteiger partial charge in [0.2, 0.25) is 0 Å². The Balaban J connectivity index is 2.86. The number of nitrogens with zero attached hydrogens (tertiary/aromatic N) is 2. The van der Waals surface area contributed by atoms with Crippen molar-refractivity contribution in [2.45, 2.75) is 66.5 Å². The number of rotatable bonds is 5. The molecule has 0 saturated carbocycles. The number of hydrogen-bond acceptors (Lipinski definition) is 2. The van der Waals surface area contributed by atoms with Crippen molar-refractivity contribution in [3.63, 3.8) is 0 Å². The molecule has 2 nitrogen and oxygen atoms in total. The fourth-order valence-electron chi connectivity index (χ4n) is 2.41. The predicted octanol–water partition coefficient (Wildman–Crippen LogP) is 4.77. The normalized spacial score (nSPS) is 20.6. The molecule has 0 spiro atoms. The lowest BCUT2D eigenvalue weighted by Crippen LogP contribution is -2.45. The Hall–Kier alpha value is -1.02. The first-order valence-electron chi connectivity index (χ1n) is 7.68. The maximum absolute atomic E-state index is 2.44. The standard InChI is InChI=1S/C18H32N2/c1-9-15(2)19(8)18(6,7)14-16(3)20-12-10-17(4,5)11-13-20/h10-15H,9H2,1-8H3. The molecule has 20 heavy (non-hydrogen) atoms. The van der Waals surface area contributed by atoms with E-state index >= 15 is 0 Å². The van der Waals surface area contributed by atoms with E-state index in [0.717, 1.165) is 0 Å². The first-order chi connectivity index (χ1) is 9.09. The van der Waals surface area contributed by atoms with Gasteiger partial charge in [0.15, 0.2) is 0 Å². The van der Waals surface area contributed by atoms with Gasteiger partial charge in [0.05, 0.1) is 0 Å². The van der Waals surface area contributed by atoms with Crippen molar-refractivity contribution >= 4 is 0 Å². The topological polar surface area (TPSA) is 6.48 Å². The molecular formula is C18H32N2. The highest BCUT2D eigenvalue weighted by Gasteiger charge is 2.25. The van der Waals surface area contributed by atoms with Crippen LogP contribution < -0.4 is 0 Å². The summed E-state index contributed by atoms with van der Waals surface area (Å²) in [6.07, 6.45) is 12.4. The minimum atomic E-state index is 0.0498. The molecule has 1 aliphatic heterocycles. The number of hydrogen-bond donors (Lipinski definition) is 0. The number of likely N-dealkylation sites (N-methyl/N-ethyl adjacent to an activating group) is 1. The molecule has 0 amide bonds. The zero-order valence-corrected chi connectivity index (χ0v) is 14.6. The van der Waals surface area contributed by atoms with Crippen molar-refractivity contribution in [3.8, 4) is 0 Å². The van der Waals surface area contributed by atoms with Gasteiger partial charge in [-0.1, -0.05) is 32.9 Å². The Morgan fingerprint density at radius 1 is 1.30 bits per heavy atom. The maximum Gasteiger partial charge on any atom is 0.0354 e. The summed E-state index contributed by atoms with van der Waals surface area (Å²) >= 11 is 0. The Labute approximate surface area is 125 Å². The van der Waals surface area contributed by atoms with Crippen LogP contribution in [0.15, 0.2) is 36.3 Å². The van der Waals surface area contributed by atoms with Crippen LogP contribution in [0.1, 0.15) is 54.9 Å².